The number of anilines is 2. The van der Waals surface area contributed by atoms with Crippen LogP contribution in [0.3, 0.4) is 0 Å². The predicted molar refractivity (Wildman–Crippen MR) is 68.0 cm³/mol. The molecular formula is C12H20N4O. The molecule has 5 heteroatoms. The lowest BCUT2D eigenvalue weighted by Gasteiger charge is -2.14. The number of rotatable bonds is 4. The van der Waals surface area contributed by atoms with Crippen molar-refractivity contribution >= 4 is 11.5 Å². The molecule has 1 saturated carbocycles. The second-order valence-corrected chi connectivity index (χ2v) is 5.50. The van der Waals surface area contributed by atoms with Gasteiger partial charge in [0, 0.05) is 6.04 Å². The Labute approximate surface area is 102 Å². The molecule has 0 bridgehead atoms. The zero-order chi connectivity index (χ0) is 12.6. The molecule has 1 aliphatic carbocycles. The van der Waals surface area contributed by atoms with E-state index in [0.717, 1.165) is 6.42 Å². The van der Waals surface area contributed by atoms with Gasteiger partial charge in [-0.2, -0.15) is 4.98 Å². The molecule has 2 rings (SSSR count). The molecule has 1 aromatic heterocycles. The van der Waals surface area contributed by atoms with Gasteiger partial charge in [0.25, 0.3) is 0 Å². The standard InChI is InChI=1S/C12H20N4O/c1-7(2)17-11-9(13)10(14-6-15-11)16-8-5-12(8,3)4/h6-8H,5,13H2,1-4H3,(H,14,15,16). The maximum Gasteiger partial charge on any atom is 0.242 e. The lowest BCUT2D eigenvalue weighted by molar-refractivity contribution is 0.234. The molecule has 0 aliphatic heterocycles. The van der Waals surface area contributed by atoms with Crippen molar-refractivity contribution in [2.24, 2.45) is 5.41 Å². The quantitative estimate of drug-likeness (QED) is 0.837. The van der Waals surface area contributed by atoms with E-state index in [4.69, 9.17) is 10.5 Å². The van der Waals surface area contributed by atoms with Gasteiger partial charge in [0.05, 0.1) is 6.10 Å². The molecule has 0 saturated heterocycles. The van der Waals surface area contributed by atoms with Crippen LogP contribution < -0.4 is 15.8 Å². The number of aromatic nitrogens is 2. The van der Waals surface area contributed by atoms with Gasteiger partial charge < -0.3 is 15.8 Å². The van der Waals surface area contributed by atoms with Crippen LogP contribution in [0, 0.1) is 5.41 Å². The van der Waals surface area contributed by atoms with Crippen LogP contribution in [0.5, 0.6) is 5.88 Å². The Hall–Kier alpha value is -1.52. The average Bonchev–Trinajstić information content (AvgIpc) is 2.80. The van der Waals surface area contributed by atoms with E-state index in [1.807, 2.05) is 13.8 Å². The lowest BCUT2D eigenvalue weighted by Crippen LogP contribution is -2.14. The minimum atomic E-state index is 0.0532. The van der Waals surface area contributed by atoms with Gasteiger partial charge in [0.15, 0.2) is 5.82 Å². The lowest BCUT2D eigenvalue weighted by atomic mass is 10.2. The summed E-state index contributed by atoms with van der Waals surface area (Å²) >= 11 is 0. The Balaban J connectivity index is 2.12. The van der Waals surface area contributed by atoms with Crippen LogP contribution in [0.4, 0.5) is 11.5 Å². The average molecular weight is 236 g/mol. The highest BCUT2D eigenvalue weighted by molar-refractivity contribution is 5.67. The van der Waals surface area contributed by atoms with E-state index >= 15 is 0 Å². The fourth-order valence-electron chi connectivity index (χ4n) is 1.69. The van der Waals surface area contributed by atoms with Crippen molar-refractivity contribution in [1.82, 2.24) is 9.97 Å². The van der Waals surface area contributed by atoms with E-state index in [9.17, 15) is 0 Å². The molecular weight excluding hydrogens is 216 g/mol. The number of ether oxygens (including phenoxy) is 1. The van der Waals surface area contributed by atoms with E-state index < -0.39 is 0 Å². The van der Waals surface area contributed by atoms with Gasteiger partial charge in [-0.05, 0) is 25.7 Å². The highest BCUT2D eigenvalue weighted by Crippen LogP contribution is 2.47. The predicted octanol–water partition coefficient (Wildman–Crippen LogP) is 2.06. The number of hydrogen-bond acceptors (Lipinski definition) is 5. The Morgan fingerprint density at radius 1 is 1.47 bits per heavy atom. The smallest absolute Gasteiger partial charge is 0.242 e. The highest BCUT2D eigenvalue weighted by atomic mass is 16.5. The minimum Gasteiger partial charge on any atom is -0.473 e. The molecule has 5 nitrogen and oxygen atoms in total. The van der Waals surface area contributed by atoms with Gasteiger partial charge in [-0.15, -0.1) is 0 Å². The molecule has 17 heavy (non-hydrogen) atoms. The summed E-state index contributed by atoms with van der Waals surface area (Å²) < 4.78 is 5.52. The Kier molecular flexibility index (Phi) is 2.85. The van der Waals surface area contributed by atoms with E-state index in [1.54, 1.807) is 0 Å². The third-order valence-corrected chi connectivity index (χ3v) is 3.02. The first-order valence-electron chi connectivity index (χ1n) is 5.94. The van der Waals surface area contributed by atoms with E-state index in [1.165, 1.54) is 6.33 Å². The van der Waals surface area contributed by atoms with Crippen molar-refractivity contribution in [3.63, 3.8) is 0 Å². The largest absolute Gasteiger partial charge is 0.473 e. The van der Waals surface area contributed by atoms with Crippen LogP contribution in [0.15, 0.2) is 6.33 Å². The summed E-state index contributed by atoms with van der Waals surface area (Å²) in [5.41, 5.74) is 6.80. The number of nitrogens with zero attached hydrogens (tertiary/aromatic N) is 2. The molecule has 0 aromatic carbocycles. The number of nitrogens with one attached hydrogen (secondary N) is 1. The molecule has 1 atom stereocenters. The van der Waals surface area contributed by atoms with Gasteiger partial charge in [0.2, 0.25) is 5.88 Å². The van der Waals surface area contributed by atoms with Gasteiger partial charge in [-0.3, -0.25) is 0 Å². The minimum absolute atomic E-state index is 0.0532. The molecule has 94 valence electrons. The van der Waals surface area contributed by atoms with Gasteiger partial charge >= 0.3 is 0 Å². The second kappa shape index (κ2) is 4.05. The van der Waals surface area contributed by atoms with Crippen LogP contribution in [-0.4, -0.2) is 22.1 Å². The molecule has 0 radical (unpaired) electrons. The van der Waals surface area contributed by atoms with Crippen molar-refractivity contribution in [1.29, 1.82) is 0 Å². The first kappa shape index (κ1) is 12.0. The van der Waals surface area contributed by atoms with Crippen LogP contribution in [0.1, 0.15) is 34.1 Å². The van der Waals surface area contributed by atoms with Crippen LogP contribution >= 0.6 is 0 Å². The fraction of sp³-hybridized carbons (Fsp3) is 0.667. The van der Waals surface area contributed by atoms with Crippen molar-refractivity contribution < 1.29 is 4.74 Å². The number of hydrogen-bond donors (Lipinski definition) is 2. The maximum atomic E-state index is 5.98. The molecule has 1 aromatic rings. The number of nitrogens with two attached hydrogens (primary N) is 1. The first-order chi connectivity index (χ1) is 7.90. The summed E-state index contributed by atoms with van der Waals surface area (Å²) in [5, 5.41) is 3.33. The van der Waals surface area contributed by atoms with E-state index in [2.05, 4.69) is 29.1 Å². The summed E-state index contributed by atoms with van der Waals surface area (Å²) in [7, 11) is 0. The summed E-state index contributed by atoms with van der Waals surface area (Å²) in [6.45, 7) is 8.32. The Morgan fingerprint density at radius 2 is 2.12 bits per heavy atom. The molecule has 1 heterocycles. The molecule has 3 N–H and O–H groups in total. The van der Waals surface area contributed by atoms with Crippen molar-refractivity contribution in [3.05, 3.63) is 6.33 Å². The summed E-state index contributed by atoms with van der Waals surface area (Å²) in [4.78, 5) is 8.21. The SMILES string of the molecule is CC(C)Oc1ncnc(NC2CC2(C)C)c1N. The molecule has 1 fully saturated rings. The summed E-state index contributed by atoms with van der Waals surface area (Å²) in [6.07, 6.45) is 2.67. The molecule has 0 amide bonds. The zero-order valence-corrected chi connectivity index (χ0v) is 10.8. The maximum absolute atomic E-state index is 5.98. The monoisotopic (exact) mass is 236 g/mol. The fourth-order valence-corrected chi connectivity index (χ4v) is 1.69. The third-order valence-electron chi connectivity index (χ3n) is 3.02. The van der Waals surface area contributed by atoms with Crippen molar-refractivity contribution in [2.45, 2.75) is 46.3 Å². The topological polar surface area (TPSA) is 73.1 Å². The number of nitrogen functional groups attached to an aromatic ring is 1. The van der Waals surface area contributed by atoms with Crippen molar-refractivity contribution in [3.8, 4) is 5.88 Å². The van der Waals surface area contributed by atoms with E-state index in [0.29, 0.717) is 28.8 Å². The second-order valence-electron chi connectivity index (χ2n) is 5.50. The zero-order valence-electron chi connectivity index (χ0n) is 10.8. The van der Waals surface area contributed by atoms with Gasteiger partial charge in [0.1, 0.15) is 12.0 Å². The highest BCUT2D eigenvalue weighted by Gasteiger charge is 2.46. The normalized spacial score (nSPS) is 21.4. The molecule has 1 unspecified atom stereocenters. The molecule has 0 spiro atoms. The third kappa shape index (κ3) is 2.60. The first-order valence-corrected chi connectivity index (χ1v) is 5.94. The van der Waals surface area contributed by atoms with E-state index in [-0.39, 0.29) is 6.10 Å². The Morgan fingerprint density at radius 3 is 2.65 bits per heavy atom. The van der Waals surface area contributed by atoms with Crippen LogP contribution in [0.2, 0.25) is 0 Å². The summed E-state index contributed by atoms with van der Waals surface area (Å²) in [6, 6.07) is 0.437. The van der Waals surface area contributed by atoms with Gasteiger partial charge in [-0.1, -0.05) is 13.8 Å². The molecule has 1 aliphatic rings. The Bertz CT molecular complexity index is 417. The summed E-state index contributed by atoms with van der Waals surface area (Å²) in [5.74, 6) is 1.13. The van der Waals surface area contributed by atoms with Crippen LogP contribution in [0.25, 0.3) is 0 Å². The van der Waals surface area contributed by atoms with Crippen LogP contribution in [-0.2, 0) is 0 Å². The van der Waals surface area contributed by atoms with Crippen molar-refractivity contribution in [2.75, 3.05) is 11.1 Å². The van der Waals surface area contributed by atoms with Gasteiger partial charge in [-0.25, -0.2) is 4.98 Å².